The molecule has 2 unspecified atom stereocenters. The topological polar surface area (TPSA) is 47.0 Å². The third-order valence-corrected chi connectivity index (χ3v) is 4.98. The second kappa shape index (κ2) is 7.19. The summed E-state index contributed by atoms with van der Waals surface area (Å²) in [5.74, 6) is 1.50. The van der Waals surface area contributed by atoms with Gasteiger partial charge >= 0.3 is 0 Å². The Morgan fingerprint density at radius 3 is 2.80 bits per heavy atom. The van der Waals surface area contributed by atoms with E-state index in [1.165, 1.54) is 11.1 Å². The van der Waals surface area contributed by atoms with Crippen molar-refractivity contribution in [1.82, 2.24) is 9.97 Å². The smallest absolute Gasteiger partial charge is 0.138 e. The molecule has 0 bridgehead atoms. The van der Waals surface area contributed by atoms with Crippen LogP contribution >= 0.6 is 0 Å². The van der Waals surface area contributed by atoms with Crippen molar-refractivity contribution in [2.75, 3.05) is 18.5 Å². The summed E-state index contributed by atoms with van der Waals surface area (Å²) in [5, 5.41) is 4.80. The Hall–Kier alpha value is -2.46. The largest absolute Gasteiger partial charge is 0.381 e. The lowest BCUT2D eigenvalue weighted by Gasteiger charge is -2.23. The molecule has 2 aromatic carbocycles. The highest BCUT2D eigenvalue weighted by Gasteiger charge is 2.23. The molecule has 0 saturated carbocycles. The molecule has 4 rings (SSSR count). The molecule has 2 atom stereocenters. The zero-order valence-electron chi connectivity index (χ0n) is 14.5. The summed E-state index contributed by atoms with van der Waals surface area (Å²) < 4.78 is 5.58. The molecule has 25 heavy (non-hydrogen) atoms. The monoisotopic (exact) mass is 333 g/mol. The predicted molar refractivity (Wildman–Crippen MR) is 101 cm³/mol. The van der Waals surface area contributed by atoms with Gasteiger partial charge in [0.25, 0.3) is 0 Å². The van der Waals surface area contributed by atoms with E-state index in [1.54, 1.807) is 6.33 Å². The Morgan fingerprint density at radius 1 is 1.12 bits per heavy atom. The lowest BCUT2D eigenvalue weighted by atomic mass is 9.94. The second-order valence-electron chi connectivity index (χ2n) is 6.76. The van der Waals surface area contributed by atoms with Crippen LogP contribution in [0.5, 0.6) is 0 Å². The van der Waals surface area contributed by atoms with Crippen LogP contribution in [0, 0.1) is 12.8 Å². The van der Waals surface area contributed by atoms with Gasteiger partial charge in [-0.2, -0.15) is 0 Å². The highest BCUT2D eigenvalue weighted by atomic mass is 16.5. The van der Waals surface area contributed by atoms with Crippen LogP contribution in [-0.2, 0) is 4.74 Å². The Kier molecular flexibility index (Phi) is 4.61. The van der Waals surface area contributed by atoms with Crippen molar-refractivity contribution in [2.45, 2.75) is 25.8 Å². The van der Waals surface area contributed by atoms with Crippen molar-refractivity contribution in [2.24, 2.45) is 5.92 Å². The number of fused-ring (bicyclic) bond motifs is 1. The summed E-state index contributed by atoms with van der Waals surface area (Å²) in [6.07, 6.45) is 3.82. The predicted octanol–water partition coefficient (Wildman–Crippen LogP) is 4.52. The van der Waals surface area contributed by atoms with Gasteiger partial charge in [-0.05, 0) is 42.9 Å². The van der Waals surface area contributed by atoms with Crippen molar-refractivity contribution in [3.8, 4) is 0 Å². The maximum absolute atomic E-state index is 5.58. The van der Waals surface area contributed by atoms with Crippen LogP contribution < -0.4 is 5.32 Å². The van der Waals surface area contributed by atoms with Gasteiger partial charge in [0.05, 0.1) is 11.6 Å². The normalized spacial score (nSPS) is 18.4. The van der Waals surface area contributed by atoms with Gasteiger partial charge in [-0.1, -0.05) is 42.5 Å². The van der Waals surface area contributed by atoms with Crippen molar-refractivity contribution >= 4 is 16.7 Å². The van der Waals surface area contributed by atoms with Crippen molar-refractivity contribution in [1.29, 1.82) is 0 Å². The molecule has 1 N–H and O–H groups in total. The molecule has 3 aromatic rings. The van der Waals surface area contributed by atoms with Crippen molar-refractivity contribution in [3.63, 3.8) is 0 Å². The first-order valence-electron chi connectivity index (χ1n) is 8.91. The van der Waals surface area contributed by atoms with E-state index in [9.17, 15) is 0 Å². The van der Waals surface area contributed by atoms with E-state index < -0.39 is 0 Å². The summed E-state index contributed by atoms with van der Waals surface area (Å²) in [5.41, 5.74) is 3.46. The standard InChI is InChI=1S/C21H23N3O/c1-15-6-5-9-18-20(15)21(23-14-22-18)24-19(12-16-10-11-25-13-16)17-7-3-2-4-8-17/h2-9,14,16,19H,10-13H2,1H3,(H,22,23,24). The summed E-state index contributed by atoms with van der Waals surface area (Å²) in [6.45, 7) is 3.84. The quantitative estimate of drug-likeness (QED) is 0.746. The van der Waals surface area contributed by atoms with E-state index in [0.717, 1.165) is 42.8 Å². The molecule has 1 saturated heterocycles. The van der Waals surface area contributed by atoms with Crippen molar-refractivity contribution < 1.29 is 4.74 Å². The van der Waals surface area contributed by atoms with Gasteiger partial charge in [-0.15, -0.1) is 0 Å². The van der Waals surface area contributed by atoms with Crippen LogP contribution in [0.15, 0.2) is 54.9 Å². The van der Waals surface area contributed by atoms with Gasteiger partial charge < -0.3 is 10.1 Å². The van der Waals surface area contributed by atoms with Crippen LogP contribution in [0.4, 0.5) is 5.82 Å². The number of nitrogens with one attached hydrogen (secondary N) is 1. The number of benzene rings is 2. The number of aryl methyl sites for hydroxylation is 1. The fourth-order valence-corrected chi connectivity index (χ4v) is 3.62. The Morgan fingerprint density at radius 2 is 2.00 bits per heavy atom. The van der Waals surface area contributed by atoms with E-state index >= 15 is 0 Å². The van der Waals surface area contributed by atoms with Gasteiger partial charge in [0.2, 0.25) is 0 Å². The number of nitrogens with zero attached hydrogens (tertiary/aromatic N) is 2. The average Bonchev–Trinajstić information content (AvgIpc) is 3.15. The van der Waals surface area contributed by atoms with Gasteiger partial charge in [-0.25, -0.2) is 9.97 Å². The first-order valence-corrected chi connectivity index (χ1v) is 8.91. The van der Waals surface area contributed by atoms with E-state index in [4.69, 9.17) is 4.74 Å². The third kappa shape index (κ3) is 3.49. The maximum Gasteiger partial charge on any atom is 0.138 e. The third-order valence-electron chi connectivity index (χ3n) is 4.98. The molecule has 1 aromatic heterocycles. The summed E-state index contributed by atoms with van der Waals surface area (Å²) in [4.78, 5) is 8.97. The zero-order chi connectivity index (χ0) is 17.1. The molecule has 0 amide bonds. The number of hydrogen-bond donors (Lipinski definition) is 1. The highest BCUT2D eigenvalue weighted by molar-refractivity contribution is 5.91. The first-order chi connectivity index (χ1) is 12.3. The SMILES string of the molecule is Cc1cccc2ncnc(NC(CC3CCOC3)c3ccccc3)c12. The summed E-state index contributed by atoms with van der Waals surface area (Å²) in [7, 11) is 0. The molecule has 0 radical (unpaired) electrons. The fraction of sp³-hybridized carbons (Fsp3) is 0.333. The lowest BCUT2D eigenvalue weighted by molar-refractivity contribution is 0.183. The number of aromatic nitrogens is 2. The van der Waals surface area contributed by atoms with Crippen LogP contribution in [0.25, 0.3) is 10.9 Å². The summed E-state index contributed by atoms with van der Waals surface area (Å²) in [6, 6.07) is 17.0. The van der Waals surface area contributed by atoms with Gasteiger partial charge in [0.15, 0.2) is 0 Å². The Bertz CT molecular complexity index is 839. The molecular weight excluding hydrogens is 310 g/mol. The molecule has 0 spiro atoms. The van der Waals surface area contributed by atoms with Gasteiger partial charge in [-0.3, -0.25) is 0 Å². The van der Waals surface area contributed by atoms with Crippen LogP contribution in [-0.4, -0.2) is 23.2 Å². The molecule has 0 aliphatic carbocycles. The summed E-state index contributed by atoms with van der Waals surface area (Å²) >= 11 is 0. The number of rotatable bonds is 5. The van der Waals surface area contributed by atoms with E-state index in [1.807, 2.05) is 12.1 Å². The molecule has 1 aliphatic rings. The Balaban J connectivity index is 1.69. The number of hydrogen-bond acceptors (Lipinski definition) is 4. The van der Waals surface area contributed by atoms with E-state index in [-0.39, 0.29) is 6.04 Å². The average molecular weight is 333 g/mol. The van der Waals surface area contributed by atoms with Crippen LogP contribution in [0.2, 0.25) is 0 Å². The minimum Gasteiger partial charge on any atom is -0.381 e. The van der Waals surface area contributed by atoms with E-state index in [0.29, 0.717) is 5.92 Å². The fourth-order valence-electron chi connectivity index (χ4n) is 3.62. The molecular formula is C21H23N3O. The number of anilines is 1. The highest BCUT2D eigenvalue weighted by Crippen LogP contribution is 2.32. The van der Waals surface area contributed by atoms with Gasteiger partial charge in [0.1, 0.15) is 12.1 Å². The molecule has 2 heterocycles. The van der Waals surface area contributed by atoms with E-state index in [2.05, 4.69) is 58.6 Å². The van der Waals surface area contributed by atoms with Crippen LogP contribution in [0.3, 0.4) is 0 Å². The first kappa shape index (κ1) is 16.0. The minimum atomic E-state index is 0.214. The molecule has 4 nitrogen and oxygen atoms in total. The second-order valence-corrected chi connectivity index (χ2v) is 6.76. The van der Waals surface area contributed by atoms with Crippen molar-refractivity contribution in [3.05, 3.63) is 66.0 Å². The molecule has 128 valence electrons. The molecule has 4 heteroatoms. The minimum absolute atomic E-state index is 0.214. The van der Waals surface area contributed by atoms with Gasteiger partial charge in [0, 0.05) is 18.6 Å². The lowest BCUT2D eigenvalue weighted by Crippen LogP contribution is -2.17. The Labute approximate surface area is 148 Å². The zero-order valence-corrected chi connectivity index (χ0v) is 14.5. The maximum atomic E-state index is 5.58. The molecule has 1 fully saturated rings. The van der Waals surface area contributed by atoms with Crippen LogP contribution in [0.1, 0.15) is 30.0 Å². The molecule has 1 aliphatic heterocycles. The number of ether oxygens (including phenoxy) is 1.